The van der Waals surface area contributed by atoms with E-state index in [0.29, 0.717) is 5.54 Å². The number of aliphatic carboxylic acids is 2. The smallest absolute Gasteiger partial charge is 0.475 e. The Labute approximate surface area is 204 Å². The number of nitrogens with zero attached hydrogens (tertiary/aromatic N) is 5. The minimum atomic E-state index is -5.08. The molecule has 1 aromatic rings. The Kier molecular flexibility index (Phi) is 11.4. The first kappa shape index (κ1) is 31.4. The largest absolute Gasteiger partial charge is 0.490 e. The molecule has 0 amide bonds. The molecule has 0 aliphatic carbocycles. The standard InChI is InChI=1S/C17H29N5.2C2HF3O2/c1-15-12-18-16(19-13-15)21-8-4-6-17(14-21)7-5-9-22(17)11-10-20(2)3;2*3-2(4,5)1(6)7/h12-13H,4-11,14H2,1-3H3;2*(H,6,7). The fourth-order valence-corrected chi connectivity index (χ4v) is 3.96. The van der Waals surface area contributed by atoms with Gasteiger partial charge < -0.3 is 20.0 Å². The van der Waals surface area contributed by atoms with Crippen molar-refractivity contribution in [1.82, 2.24) is 19.8 Å². The summed E-state index contributed by atoms with van der Waals surface area (Å²) in [5.74, 6) is -4.61. The molecule has 0 bridgehead atoms. The lowest BCUT2D eigenvalue weighted by Gasteiger charge is -2.46. The van der Waals surface area contributed by atoms with Crippen molar-refractivity contribution < 1.29 is 46.1 Å². The van der Waals surface area contributed by atoms with Gasteiger partial charge in [0.15, 0.2) is 0 Å². The summed E-state index contributed by atoms with van der Waals surface area (Å²) >= 11 is 0. The minimum absolute atomic E-state index is 0.350. The van der Waals surface area contributed by atoms with Crippen LogP contribution in [0.3, 0.4) is 0 Å². The Balaban J connectivity index is 0.000000383. The number of likely N-dealkylation sites (N-methyl/N-ethyl adjacent to an activating group) is 1. The molecule has 1 aromatic heterocycles. The van der Waals surface area contributed by atoms with E-state index in [2.05, 4.69) is 38.8 Å². The van der Waals surface area contributed by atoms with Gasteiger partial charge >= 0.3 is 24.3 Å². The van der Waals surface area contributed by atoms with Gasteiger partial charge in [-0.3, -0.25) is 4.90 Å². The quantitative estimate of drug-likeness (QED) is 0.567. The third-order valence-electron chi connectivity index (χ3n) is 5.65. The molecule has 1 spiro atoms. The van der Waals surface area contributed by atoms with Crippen LogP contribution in [-0.4, -0.2) is 107 Å². The summed E-state index contributed by atoms with van der Waals surface area (Å²) < 4.78 is 63.5. The van der Waals surface area contributed by atoms with Crippen LogP contribution < -0.4 is 4.90 Å². The highest BCUT2D eigenvalue weighted by Crippen LogP contribution is 2.37. The molecule has 9 nitrogen and oxygen atoms in total. The van der Waals surface area contributed by atoms with Gasteiger partial charge in [-0.05, 0) is 58.8 Å². The molecule has 3 heterocycles. The number of piperidine rings is 1. The Morgan fingerprint density at radius 1 is 0.972 bits per heavy atom. The summed E-state index contributed by atoms with van der Waals surface area (Å²) in [6.07, 6.45) is -1.08. The van der Waals surface area contributed by atoms with E-state index in [0.717, 1.165) is 31.1 Å². The molecule has 206 valence electrons. The SMILES string of the molecule is Cc1cnc(N2CCCC3(CCCN3CCN(C)C)C2)nc1.O=C(O)C(F)(F)F.O=C(O)C(F)(F)F. The lowest BCUT2D eigenvalue weighted by Crippen LogP contribution is -2.57. The highest BCUT2D eigenvalue weighted by Gasteiger charge is 2.44. The van der Waals surface area contributed by atoms with Crippen molar-refractivity contribution in [2.45, 2.75) is 50.5 Å². The minimum Gasteiger partial charge on any atom is -0.475 e. The van der Waals surface area contributed by atoms with Crippen molar-refractivity contribution >= 4 is 17.9 Å². The van der Waals surface area contributed by atoms with E-state index in [4.69, 9.17) is 19.8 Å². The Morgan fingerprint density at radius 3 is 1.83 bits per heavy atom. The van der Waals surface area contributed by atoms with Gasteiger partial charge in [-0.15, -0.1) is 0 Å². The molecule has 0 aromatic carbocycles. The van der Waals surface area contributed by atoms with Crippen LogP contribution in [-0.2, 0) is 9.59 Å². The predicted octanol–water partition coefficient (Wildman–Crippen LogP) is 3.05. The Hall–Kier alpha value is -2.68. The third kappa shape index (κ3) is 10.1. The molecule has 2 saturated heterocycles. The van der Waals surface area contributed by atoms with Gasteiger partial charge in [0.05, 0.1) is 0 Å². The lowest BCUT2D eigenvalue weighted by atomic mass is 9.86. The van der Waals surface area contributed by atoms with Crippen LogP contribution in [0.15, 0.2) is 12.4 Å². The van der Waals surface area contributed by atoms with Gasteiger partial charge in [-0.2, -0.15) is 26.3 Å². The van der Waals surface area contributed by atoms with E-state index < -0.39 is 24.3 Å². The maximum absolute atomic E-state index is 10.6. The Bertz CT molecular complexity index is 827. The summed E-state index contributed by atoms with van der Waals surface area (Å²) in [6, 6.07) is 0. The number of aromatic nitrogens is 2. The van der Waals surface area contributed by atoms with E-state index >= 15 is 0 Å². The van der Waals surface area contributed by atoms with E-state index in [1.807, 2.05) is 19.3 Å². The van der Waals surface area contributed by atoms with Crippen molar-refractivity contribution in [1.29, 1.82) is 0 Å². The molecule has 1 atom stereocenters. The number of carboxylic acid groups (broad SMARTS) is 2. The van der Waals surface area contributed by atoms with Crippen LogP contribution in [0.2, 0.25) is 0 Å². The fraction of sp³-hybridized carbons (Fsp3) is 0.714. The second-order valence-electron chi connectivity index (χ2n) is 8.81. The first-order valence-corrected chi connectivity index (χ1v) is 11.0. The van der Waals surface area contributed by atoms with Crippen molar-refractivity contribution in [2.75, 3.05) is 51.7 Å². The van der Waals surface area contributed by atoms with Crippen molar-refractivity contribution in [3.8, 4) is 0 Å². The van der Waals surface area contributed by atoms with Crippen LogP contribution >= 0.6 is 0 Å². The average molecular weight is 531 g/mol. The summed E-state index contributed by atoms with van der Waals surface area (Å²) in [5, 5.41) is 14.2. The molecular formula is C21H31F6N5O4. The van der Waals surface area contributed by atoms with Gasteiger partial charge in [0.25, 0.3) is 0 Å². The van der Waals surface area contributed by atoms with Gasteiger partial charge in [0.1, 0.15) is 0 Å². The highest BCUT2D eigenvalue weighted by molar-refractivity contribution is 5.73. The number of halogens is 6. The fourth-order valence-electron chi connectivity index (χ4n) is 3.96. The van der Waals surface area contributed by atoms with Crippen LogP contribution in [0.5, 0.6) is 0 Å². The number of anilines is 1. The average Bonchev–Trinajstić information content (AvgIpc) is 3.13. The van der Waals surface area contributed by atoms with E-state index in [1.54, 1.807) is 0 Å². The highest BCUT2D eigenvalue weighted by atomic mass is 19.4. The number of aryl methyl sites for hydroxylation is 1. The maximum atomic E-state index is 10.6. The summed E-state index contributed by atoms with van der Waals surface area (Å²) in [7, 11) is 4.33. The molecule has 0 saturated carbocycles. The molecule has 1 unspecified atom stereocenters. The molecule has 15 heteroatoms. The molecule has 2 aliphatic heterocycles. The normalized spacial score (nSPS) is 20.4. The zero-order chi connectivity index (χ0) is 27.7. The molecule has 0 radical (unpaired) electrons. The molecular weight excluding hydrogens is 500 g/mol. The van der Waals surface area contributed by atoms with E-state index in [-0.39, 0.29) is 0 Å². The Morgan fingerprint density at radius 2 is 1.42 bits per heavy atom. The van der Waals surface area contributed by atoms with Gasteiger partial charge in [0, 0.05) is 44.1 Å². The second-order valence-corrected chi connectivity index (χ2v) is 8.81. The number of hydrogen-bond acceptors (Lipinski definition) is 7. The van der Waals surface area contributed by atoms with Crippen molar-refractivity contribution in [2.24, 2.45) is 0 Å². The van der Waals surface area contributed by atoms with Crippen LogP contribution in [0.4, 0.5) is 32.3 Å². The number of rotatable bonds is 4. The zero-order valence-corrected chi connectivity index (χ0v) is 20.2. The molecule has 36 heavy (non-hydrogen) atoms. The van der Waals surface area contributed by atoms with E-state index in [1.165, 1.54) is 38.8 Å². The lowest BCUT2D eigenvalue weighted by molar-refractivity contribution is -0.193. The maximum Gasteiger partial charge on any atom is 0.490 e. The van der Waals surface area contributed by atoms with Crippen molar-refractivity contribution in [3.05, 3.63) is 18.0 Å². The molecule has 2 N–H and O–H groups in total. The van der Waals surface area contributed by atoms with Crippen molar-refractivity contribution in [3.63, 3.8) is 0 Å². The number of alkyl halides is 6. The van der Waals surface area contributed by atoms with Crippen LogP contribution in [0, 0.1) is 6.92 Å². The second kappa shape index (κ2) is 13.0. The van der Waals surface area contributed by atoms with Crippen LogP contribution in [0.25, 0.3) is 0 Å². The number of likely N-dealkylation sites (tertiary alicyclic amines) is 1. The topological polar surface area (TPSA) is 110 Å². The van der Waals surface area contributed by atoms with Crippen LogP contribution in [0.1, 0.15) is 31.2 Å². The number of hydrogen-bond donors (Lipinski definition) is 2. The number of carboxylic acids is 2. The summed E-state index contributed by atoms with van der Waals surface area (Å²) in [4.78, 5) is 34.3. The van der Waals surface area contributed by atoms with Gasteiger partial charge in [-0.25, -0.2) is 19.6 Å². The number of carbonyl (C=O) groups is 2. The van der Waals surface area contributed by atoms with E-state index in [9.17, 15) is 26.3 Å². The monoisotopic (exact) mass is 531 g/mol. The molecule has 3 rings (SSSR count). The predicted molar refractivity (Wildman–Crippen MR) is 118 cm³/mol. The molecule has 2 aliphatic rings. The first-order chi connectivity index (χ1) is 16.5. The summed E-state index contributed by atoms with van der Waals surface area (Å²) in [5.41, 5.74) is 1.48. The van der Waals surface area contributed by atoms with Gasteiger partial charge in [0.2, 0.25) is 5.95 Å². The zero-order valence-electron chi connectivity index (χ0n) is 20.2. The van der Waals surface area contributed by atoms with Gasteiger partial charge in [-0.1, -0.05) is 0 Å². The third-order valence-corrected chi connectivity index (χ3v) is 5.65. The first-order valence-electron chi connectivity index (χ1n) is 11.0. The molecule has 2 fully saturated rings. The summed E-state index contributed by atoms with van der Waals surface area (Å²) in [6.45, 7) is 7.78.